The second-order valence-corrected chi connectivity index (χ2v) is 7.34. The number of aryl methyl sites for hydroxylation is 2. The average Bonchev–Trinajstić information content (AvgIpc) is 2.66. The number of benzene rings is 2. The van der Waals surface area contributed by atoms with Crippen molar-refractivity contribution in [2.24, 2.45) is 0 Å². The fourth-order valence-corrected chi connectivity index (χ4v) is 3.58. The standard InChI is InChI=1S/C24H29NO/c1-4-18-6-10-20(11-7-18)14-22-16-25(3)17-23(24(22)26)15-21-12-8-19(5-2)9-13-21/h6-15,24,26H,4-5,16-17H2,1-3H3/p+1/b22-14-,23-15+. The van der Waals surface area contributed by atoms with Gasteiger partial charge in [0.25, 0.3) is 0 Å². The van der Waals surface area contributed by atoms with Gasteiger partial charge in [-0.1, -0.05) is 62.4 Å². The van der Waals surface area contributed by atoms with E-state index >= 15 is 0 Å². The molecule has 2 N–H and O–H groups in total. The van der Waals surface area contributed by atoms with Crippen molar-refractivity contribution < 1.29 is 10.0 Å². The maximum Gasteiger partial charge on any atom is 0.107 e. The van der Waals surface area contributed by atoms with Crippen molar-refractivity contribution in [2.45, 2.75) is 32.8 Å². The molecular weight excluding hydrogens is 318 g/mol. The number of aliphatic hydroxyl groups excluding tert-OH is 1. The van der Waals surface area contributed by atoms with Gasteiger partial charge in [0.2, 0.25) is 0 Å². The second-order valence-electron chi connectivity index (χ2n) is 7.34. The Bertz CT molecular complexity index is 716. The Kier molecular flexibility index (Phi) is 6.08. The zero-order valence-corrected chi connectivity index (χ0v) is 16.1. The van der Waals surface area contributed by atoms with E-state index in [1.54, 1.807) is 0 Å². The van der Waals surface area contributed by atoms with Gasteiger partial charge in [-0.15, -0.1) is 0 Å². The van der Waals surface area contributed by atoms with Crippen LogP contribution in [0.1, 0.15) is 36.1 Å². The fourth-order valence-electron chi connectivity index (χ4n) is 3.58. The molecule has 2 unspecified atom stereocenters. The molecule has 1 aliphatic heterocycles. The highest BCUT2D eigenvalue weighted by Crippen LogP contribution is 2.20. The Morgan fingerprint density at radius 1 is 0.808 bits per heavy atom. The molecule has 0 spiro atoms. The lowest BCUT2D eigenvalue weighted by molar-refractivity contribution is -0.872. The van der Waals surface area contributed by atoms with Crippen molar-refractivity contribution in [3.05, 3.63) is 81.9 Å². The summed E-state index contributed by atoms with van der Waals surface area (Å²) in [4.78, 5) is 1.41. The molecule has 1 heterocycles. The minimum atomic E-state index is -0.490. The summed E-state index contributed by atoms with van der Waals surface area (Å²) in [5.41, 5.74) is 7.20. The minimum Gasteiger partial charge on any atom is -0.384 e. The molecule has 0 radical (unpaired) electrons. The molecule has 0 saturated carbocycles. The van der Waals surface area contributed by atoms with Crippen LogP contribution in [0.15, 0.2) is 59.7 Å². The topological polar surface area (TPSA) is 24.7 Å². The molecular formula is C24H30NO+. The molecule has 2 nitrogen and oxygen atoms in total. The van der Waals surface area contributed by atoms with Crippen molar-refractivity contribution >= 4 is 12.2 Å². The van der Waals surface area contributed by atoms with Crippen LogP contribution in [0.4, 0.5) is 0 Å². The molecule has 2 aromatic rings. The highest BCUT2D eigenvalue weighted by molar-refractivity contribution is 5.61. The Balaban J connectivity index is 1.85. The highest BCUT2D eigenvalue weighted by atomic mass is 16.3. The quantitative estimate of drug-likeness (QED) is 0.872. The van der Waals surface area contributed by atoms with Gasteiger partial charge in [-0.3, -0.25) is 0 Å². The normalized spacial score (nSPS) is 23.5. The van der Waals surface area contributed by atoms with Crippen LogP contribution < -0.4 is 4.90 Å². The van der Waals surface area contributed by atoms with Crippen LogP contribution in [0, 0.1) is 0 Å². The molecule has 3 rings (SSSR count). The van der Waals surface area contributed by atoms with E-state index < -0.39 is 6.10 Å². The second kappa shape index (κ2) is 8.48. The number of quaternary nitrogens is 1. The number of piperidine rings is 1. The monoisotopic (exact) mass is 348 g/mol. The molecule has 0 amide bonds. The number of likely N-dealkylation sites (N-methyl/N-ethyl adjacent to an activating group) is 1. The van der Waals surface area contributed by atoms with E-state index in [4.69, 9.17) is 0 Å². The van der Waals surface area contributed by atoms with Crippen molar-refractivity contribution in [1.29, 1.82) is 0 Å². The third kappa shape index (κ3) is 4.51. The van der Waals surface area contributed by atoms with Gasteiger partial charge in [-0.25, -0.2) is 0 Å². The van der Waals surface area contributed by atoms with Crippen LogP contribution in [-0.2, 0) is 12.8 Å². The maximum atomic E-state index is 10.9. The summed E-state index contributed by atoms with van der Waals surface area (Å²) in [6.07, 6.45) is 5.92. The summed E-state index contributed by atoms with van der Waals surface area (Å²) >= 11 is 0. The summed E-state index contributed by atoms with van der Waals surface area (Å²) in [6, 6.07) is 17.3. The van der Waals surface area contributed by atoms with Gasteiger partial charge in [0, 0.05) is 11.1 Å². The van der Waals surface area contributed by atoms with Crippen LogP contribution in [0.25, 0.3) is 12.2 Å². The minimum absolute atomic E-state index is 0.490. The molecule has 2 aromatic carbocycles. The van der Waals surface area contributed by atoms with Gasteiger partial charge < -0.3 is 10.0 Å². The molecule has 0 aliphatic carbocycles. The number of aliphatic hydroxyl groups is 1. The smallest absolute Gasteiger partial charge is 0.107 e. The van der Waals surface area contributed by atoms with Gasteiger partial charge in [-0.2, -0.15) is 0 Å². The first-order chi connectivity index (χ1) is 12.6. The highest BCUT2D eigenvalue weighted by Gasteiger charge is 2.27. The first-order valence-electron chi connectivity index (χ1n) is 9.67. The molecule has 0 aromatic heterocycles. The summed E-state index contributed by atoms with van der Waals surface area (Å²) in [5, 5.41) is 10.9. The van der Waals surface area contributed by atoms with E-state index in [0.29, 0.717) is 0 Å². The molecule has 1 saturated heterocycles. The van der Waals surface area contributed by atoms with Crippen molar-refractivity contribution in [3.8, 4) is 0 Å². The van der Waals surface area contributed by atoms with Gasteiger partial charge in [0.05, 0.1) is 7.05 Å². The first-order valence-corrected chi connectivity index (χ1v) is 9.67. The van der Waals surface area contributed by atoms with Crippen LogP contribution >= 0.6 is 0 Å². The van der Waals surface area contributed by atoms with E-state index in [9.17, 15) is 5.11 Å². The zero-order valence-electron chi connectivity index (χ0n) is 16.1. The first kappa shape index (κ1) is 18.6. The van der Waals surface area contributed by atoms with Gasteiger partial charge in [0.15, 0.2) is 0 Å². The van der Waals surface area contributed by atoms with Crippen LogP contribution in [0.5, 0.6) is 0 Å². The number of nitrogens with one attached hydrogen (secondary N) is 1. The molecule has 136 valence electrons. The molecule has 1 aliphatic rings. The van der Waals surface area contributed by atoms with E-state index in [1.807, 2.05) is 0 Å². The molecule has 1 fully saturated rings. The number of rotatable bonds is 4. The van der Waals surface area contributed by atoms with Gasteiger partial charge >= 0.3 is 0 Å². The predicted molar refractivity (Wildman–Crippen MR) is 110 cm³/mol. The Morgan fingerprint density at radius 3 is 1.54 bits per heavy atom. The molecule has 26 heavy (non-hydrogen) atoms. The summed E-state index contributed by atoms with van der Waals surface area (Å²) in [7, 11) is 2.19. The summed E-state index contributed by atoms with van der Waals surface area (Å²) in [6.45, 7) is 6.09. The summed E-state index contributed by atoms with van der Waals surface area (Å²) in [5.74, 6) is 0. The molecule has 2 heteroatoms. The van der Waals surface area contributed by atoms with Crippen molar-refractivity contribution in [1.82, 2.24) is 0 Å². The summed E-state index contributed by atoms with van der Waals surface area (Å²) < 4.78 is 0. The van der Waals surface area contributed by atoms with Gasteiger partial charge in [-0.05, 0) is 47.2 Å². The van der Waals surface area contributed by atoms with Crippen molar-refractivity contribution in [2.75, 3.05) is 20.1 Å². The average molecular weight is 349 g/mol. The molecule has 2 atom stereocenters. The van der Waals surface area contributed by atoms with Crippen LogP contribution in [0.3, 0.4) is 0 Å². The van der Waals surface area contributed by atoms with E-state index in [2.05, 4.69) is 81.6 Å². The number of likely N-dealkylation sites (tertiary alicyclic amines) is 1. The third-order valence-corrected chi connectivity index (χ3v) is 5.19. The number of hydrogen-bond donors (Lipinski definition) is 2. The Labute approximate surface area is 157 Å². The Hall–Kier alpha value is -2.16. The van der Waals surface area contributed by atoms with E-state index in [-0.39, 0.29) is 0 Å². The lowest BCUT2D eigenvalue weighted by Gasteiger charge is -2.29. The largest absolute Gasteiger partial charge is 0.384 e. The lowest BCUT2D eigenvalue weighted by atomic mass is 9.92. The van der Waals surface area contributed by atoms with E-state index in [1.165, 1.54) is 16.0 Å². The maximum absolute atomic E-state index is 10.9. The fraction of sp³-hybridized carbons (Fsp3) is 0.333. The lowest BCUT2D eigenvalue weighted by Crippen LogP contribution is -3.10. The Morgan fingerprint density at radius 2 is 1.19 bits per heavy atom. The SMILES string of the molecule is CCc1ccc(/C=C2/C[NH+](C)C/C(=C\c3ccc(CC)cc3)C2O)cc1. The zero-order chi connectivity index (χ0) is 18.5. The predicted octanol–water partition coefficient (Wildman–Crippen LogP) is 3.17. The van der Waals surface area contributed by atoms with Crippen LogP contribution in [0.2, 0.25) is 0 Å². The van der Waals surface area contributed by atoms with Crippen LogP contribution in [-0.4, -0.2) is 31.3 Å². The van der Waals surface area contributed by atoms with E-state index in [0.717, 1.165) is 48.2 Å². The van der Waals surface area contributed by atoms with Gasteiger partial charge in [0.1, 0.15) is 19.2 Å². The number of hydrogen-bond acceptors (Lipinski definition) is 1. The third-order valence-electron chi connectivity index (χ3n) is 5.19. The van der Waals surface area contributed by atoms with Crippen molar-refractivity contribution in [3.63, 3.8) is 0 Å². The molecule has 0 bridgehead atoms.